The van der Waals surface area contributed by atoms with Gasteiger partial charge >= 0.3 is 0 Å². The van der Waals surface area contributed by atoms with Crippen LogP contribution in [0.25, 0.3) is 0 Å². The van der Waals surface area contributed by atoms with Crippen molar-refractivity contribution in [3.63, 3.8) is 0 Å². The molecule has 1 aromatic rings. The molecule has 2 aliphatic heterocycles. The maximum atomic E-state index is 6.11. The Balaban J connectivity index is 1.22. The predicted molar refractivity (Wildman–Crippen MR) is 78.9 cm³/mol. The molecule has 0 amide bonds. The third-order valence-electron chi connectivity index (χ3n) is 5.23. The van der Waals surface area contributed by atoms with Gasteiger partial charge < -0.3 is 13.9 Å². The molecule has 0 bridgehead atoms. The first-order valence-corrected chi connectivity index (χ1v) is 8.29. The molecule has 1 aliphatic carbocycles. The third-order valence-corrected chi connectivity index (χ3v) is 5.23. The number of hydrogen-bond donors (Lipinski definition) is 0. The molecule has 3 aliphatic rings. The van der Waals surface area contributed by atoms with Crippen LogP contribution in [0.4, 0.5) is 0 Å². The summed E-state index contributed by atoms with van der Waals surface area (Å²) in [6.45, 7) is 5.91. The van der Waals surface area contributed by atoms with Crippen LogP contribution in [0.15, 0.2) is 23.0 Å². The van der Waals surface area contributed by atoms with E-state index < -0.39 is 0 Å². The Morgan fingerprint density at radius 1 is 1.29 bits per heavy atom. The number of ether oxygens (including phenoxy) is 2. The molecule has 0 aromatic carbocycles. The summed E-state index contributed by atoms with van der Waals surface area (Å²) in [5, 5.41) is 0. The summed E-state index contributed by atoms with van der Waals surface area (Å²) in [5.74, 6) is 1.55. The average Bonchev–Trinajstić information content (AvgIpc) is 2.96. The lowest BCUT2D eigenvalue weighted by atomic mass is 9.79. The lowest BCUT2D eigenvalue weighted by Gasteiger charge is -2.50. The smallest absolute Gasteiger partial charge is 0.0964 e. The van der Waals surface area contributed by atoms with Gasteiger partial charge in [0.1, 0.15) is 0 Å². The Bertz CT molecular complexity index is 449. The molecular formula is C17H25NO3. The van der Waals surface area contributed by atoms with Gasteiger partial charge in [-0.05, 0) is 43.6 Å². The lowest BCUT2D eigenvalue weighted by Crippen LogP contribution is -2.64. The zero-order chi connectivity index (χ0) is 14.1. The molecule has 21 heavy (non-hydrogen) atoms. The van der Waals surface area contributed by atoms with Crippen LogP contribution in [0.2, 0.25) is 0 Å². The molecule has 3 heterocycles. The fourth-order valence-corrected chi connectivity index (χ4v) is 3.77. The van der Waals surface area contributed by atoms with Crippen LogP contribution in [0.1, 0.15) is 31.2 Å². The van der Waals surface area contributed by atoms with Gasteiger partial charge in [0.2, 0.25) is 0 Å². The van der Waals surface area contributed by atoms with Crippen molar-refractivity contribution in [2.45, 2.75) is 37.8 Å². The summed E-state index contributed by atoms with van der Waals surface area (Å²) in [5.41, 5.74) is 1.37. The van der Waals surface area contributed by atoms with E-state index in [9.17, 15) is 0 Å². The van der Waals surface area contributed by atoms with Crippen LogP contribution < -0.4 is 0 Å². The van der Waals surface area contributed by atoms with Gasteiger partial charge in [0.15, 0.2) is 0 Å². The molecule has 4 rings (SSSR count). The highest BCUT2D eigenvalue weighted by Crippen LogP contribution is 2.42. The summed E-state index contributed by atoms with van der Waals surface area (Å²) < 4.78 is 17.1. The van der Waals surface area contributed by atoms with E-state index in [1.807, 2.05) is 12.3 Å². The van der Waals surface area contributed by atoms with E-state index >= 15 is 0 Å². The van der Waals surface area contributed by atoms with Gasteiger partial charge in [-0.15, -0.1) is 0 Å². The number of furan rings is 1. The maximum absolute atomic E-state index is 6.11. The number of likely N-dealkylation sites (tertiary alicyclic amines) is 1. The van der Waals surface area contributed by atoms with Crippen molar-refractivity contribution in [1.82, 2.24) is 4.90 Å². The molecular weight excluding hydrogens is 266 g/mol. The second-order valence-electron chi connectivity index (χ2n) is 6.98. The SMILES string of the molecule is c1cc(CN2CC3(C2)OCC[C@H]3CCOCC2CC2)co1. The number of rotatable bonds is 7. The van der Waals surface area contributed by atoms with Crippen LogP contribution in [0.3, 0.4) is 0 Å². The monoisotopic (exact) mass is 291 g/mol. The highest BCUT2D eigenvalue weighted by molar-refractivity contribution is 5.10. The summed E-state index contributed by atoms with van der Waals surface area (Å²) in [6, 6.07) is 2.05. The predicted octanol–water partition coefficient (Wildman–Crippen LogP) is 2.69. The van der Waals surface area contributed by atoms with E-state index in [1.165, 1.54) is 24.8 Å². The topological polar surface area (TPSA) is 34.8 Å². The first-order chi connectivity index (χ1) is 10.3. The Kier molecular flexibility index (Phi) is 3.78. The normalized spacial score (nSPS) is 28.1. The molecule has 0 unspecified atom stereocenters. The molecule has 0 N–H and O–H groups in total. The molecule has 3 fully saturated rings. The average molecular weight is 291 g/mol. The minimum atomic E-state index is 0.118. The standard InChI is InChI=1S/C17H25NO3/c1-2-14(1)10-20-7-4-16-5-8-21-17(16)12-18(13-17)9-15-3-6-19-11-15/h3,6,11,14,16H,1-2,4-5,7-10,12-13H2/t16-/m1/s1. The molecule has 0 radical (unpaired) electrons. The van der Waals surface area contributed by atoms with Crippen molar-refractivity contribution < 1.29 is 13.9 Å². The highest BCUT2D eigenvalue weighted by atomic mass is 16.5. The third kappa shape index (κ3) is 3.03. The Hall–Kier alpha value is -0.840. The summed E-state index contributed by atoms with van der Waals surface area (Å²) in [4.78, 5) is 2.45. The van der Waals surface area contributed by atoms with Crippen LogP contribution in [0, 0.1) is 11.8 Å². The molecule has 2 saturated heterocycles. The summed E-state index contributed by atoms with van der Waals surface area (Å²) in [7, 11) is 0. The van der Waals surface area contributed by atoms with Crippen LogP contribution >= 0.6 is 0 Å². The molecule has 4 heteroatoms. The Morgan fingerprint density at radius 3 is 2.95 bits per heavy atom. The fourth-order valence-electron chi connectivity index (χ4n) is 3.77. The van der Waals surface area contributed by atoms with Crippen molar-refractivity contribution in [3.05, 3.63) is 24.2 Å². The van der Waals surface area contributed by atoms with Crippen molar-refractivity contribution in [3.8, 4) is 0 Å². The van der Waals surface area contributed by atoms with E-state index in [0.717, 1.165) is 51.8 Å². The van der Waals surface area contributed by atoms with E-state index in [1.54, 1.807) is 6.26 Å². The summed E-state index contributed by atoms with van der Waals surface area (Å²) >= 11 is 0. The zero-order valence-electron chi connectivity index (χ0n) is 12.6. The van der Waals surface area contributed by atoms with Crippen molar-refractivity contribution in [2.24, 2.45) is 11.8 Å². The zero-order valence-corrected chi connectivity index (χ0v) is 12.6. The van der Waals surface area contributed by atoms with Gasteiger partial charge in [-0.25, -0.2) is 0 Å². The second-order valence-corrected chi connectivity index (χ2v) is 6.98. The van der Waals surface area contributed by atoms with Gasteiger partial charge in [-0.3, -0.25) is 4.90 Å². The van der Waals surface area contributed by atoms with E-state index in [0.29, 0.717) is 5.92 Å². The van der Waals surface area contributed by atoms with E-state index in [2.05, 4.69) is 4.90 Å². The molecule has 116 valence electrons. The largest absolute Gasteiger partial charge is 0.472 e. The van der Waals surface area contributed by atoms with Crippen molar-refractivity contribution in [2.75, 3.05) is 32.9 Å². The highest BCUT2D eigenvalue weighted by Gasteiger charge is 2.52. The quantitative estimate of drug-likeness (QED) is 0.724. The first-order valence-electron chi connectivity index (χ1n) is 8.29. The van der Waals surface area contributed by atoms with E-state index in [-0.39, 0.29) is 5.60 Å². The van der Waals surface area contributed by atoms with Gasteiger partial charge in [-0.2, -0.15) is 0 Å². The minimum absolute atomic E-state index is 0.118. The Labute approximate surface area is 126 Å². The summed E-state index contributed by atoms with van der Waals surface area (Å²) in [6.07, 6.45) is 8.69. The molecule has 4 nitrogen and oxygen atoms in total. The van der Waals surface area contributed by atoms with Gasteiger partial charge in [0.25, 0.3) is 0 Å². The van der Waals surface area contributed by atoms with Gasteiger partial charge in [-0.1, -0.05) is 0 Å². The molecule has 1 saturated carbocycles. The number of nitrogens with zero attached hydrogens (tertiary/aromatic N) is 1. The first kappa shape index (κ1) is 13.8. The van der Waals surface area contributed by atoms with Crippen LogP contribution in [0.5, 0.6) is 0 Å². The van der Waals surface area contributed by atoms with Crippen LogP contribution in [-0.4, -0.2) is 43.4 Å². The van der Waals surface area contributed by atoms with Crippen molar-refractivity contribution in [1.29, 1.82) is 0 Å². The molecule has 1 spiro atoms. The Morgan fingerprint density at radius 2 is 2.19 bits per heavy atom. The lowest BCUT2D eigenvalue weighted by molar-refractivity contribution is -0.139. The van der Waals surface area contributed by atoms with Gasteiger partial charge in [0, 0.05) is 45.0 Å². The molecule has 1 atom stereocenters. The van der Waals surface area contributed by atoms with Gasteiger partial charge in [0.05, 0.1) is 18.1 Å². The van der Waals surface area contributed by atoms with Crippen molar-refractivity contribution >= 4 is 0 Å². The van der Waals surface area contributed by atoms with Crippen LogP contribution in [-0.2, 0) is 16.0 Å². The minimum Gasteiger partial charge on any atom is -0.472 e. The maximum Gasteiger partial charge on any atom is 0.0964 e. The fraction of sp³-hybridized carbons (Fsp3) is 0.765. The molecule has 1 aromatic heterocycles. The number of hydrogen-bond acceptors (Lipinski definition) is 4. The second kappa shape index (κ2) is 5.75. The van der Waals surface area contributed by atoms with E-state index in [4.69, 9.17) is 13.9 Å².